The first-order valence-electron chi connectivity index (χ1n) is 6.09. The van der Waals surface area contributed by atoms with Gasteiger partial charge in [0.25, 0.3) is 0 Å². The second kappa shape index (κ2) is 4.83. The molecular formula is C15H16O4S. The van der Waals surface area contributed by atoms with Gasteiger partial charge in [0.1, 0.15) is 16.4 Å². The zero-order chi connectivity index (χ0) is 15.1. The Balaban J connectivity index is 2.77. The molecule has 2 aromatic carbocycles. The van der Waals surface area contributed by atoms with Crippen LogP contribution in [0.1, 0.15) is 16.7 Å². The maximum absolute atomic E-state index is 12.7. The summed E-state index contributed by atoms with van der Waals surface area (Å²) in [5, 5.41) is 19.5. The molecule has 0 amide bonds. The molecule has 4 nitrogen and oxygen atoms in total. The third kappa shape index (κ3) is 2.25. The van der Waals surface area contributed by atoms with Gasteiger partial charge in [-0.3, -0.25) is 0 Å². The Kier molecular flexibility index (Phi) is 3.48. The van der Waals surface area contributed by atoms with Gasteiger partial charge in [0.15, 0.2) is 0 Å². The van der Waals surface area contributed by atoms with E-state index in [1.54, 1.807) is 32.9 Å². The molecule has 2 rings (SSSR count). The van der Waals surface area contributed by atoms with Crippen molar-refractivity contribution in [3.63, 3.8) is 0 Å². The molecule has 0 bridgehead atoms. The average molecular weight is 292 g/mol. The van der Waals surface area contributed by atoms with Gasteiger partial charge in [0.2, 0.25) is 9.84 Å². The average Bonchev–Trinajstić information content (AvgIpc) is 2.33. The fourth-order valence-electron chi connectivity index (χ4n) is 2.15. The summed E-state index contributed by atoms with van der Waals surface area (Å²) in [4.78, 5) is 0.00518. The van der Waals surface area contributed by atoms with Gasteiger partial charge in [-0.15, -0.1) is 0 Å². The first kappa shape index (κ1) is 14.4. The maximum Gasteiger partial charge on any atom is 0.210 e. The quantitative estimate of drug-likeness (QED) is 0.892. The van der Waals surface area contributed by atoms with E-state index in [-0.39, 0.29) is 21.3 Å². The van der Waals surface area contributed by atoms with Crippen LogP contribution in [0.3, 0.4) is 0 Å². The molecule has 2 N–H and O–H groups in total. The number of phenols is 2. The molecule has 0 atom stereocenters. The fourth-order valence-corrected chi connectivity index (χ4v) is 4.01. The zero-order valence-corrected chi connectivity index (χ0v) is 12.3. The van der Waals surface area contributed by atoms with Gasteiger partial charge in [0, 0.05) is 0 Å². The first-order chi connectivity index (χ1) is 9.25. The van der Waals surface area contributed by atoms with E-state index in [0.717, 1.165) is 0 Å². The molecule has 0 heterocycles. The van der Waals surface area contributed by atoms with Crippen LogP contribution in [0.15, 0.2) is 40.1 Å². The highest BCUT2D eigenvalue weighted by atomic mass is 32.2. The summed E-state index contributed by atoms with van der Waals surface area (Å²) in [5.41, 5.74) is 1.43. The molecule has 0 spiro atoms. The van der Waals surface area contributed by atoms with E-state index in [0.29, 0.717) is 16.7 Å². The second-order valence-electron chi connectivity index (χ2n) is 4.83. The van der Waals surface area contributed by atoms with Crippen molar-refractivity contribution in [3.8, 4) is 11.5 Å². The van der Waals surface area contributed by atoms with Gasteiger partial charge in [-0.1, -0.05) is 12.1 Å². The van der Waals surface area contributed by atoms with E-state index in [9.17, 15) is 18.6 Å². The highest BCUT2D eigenvalue weighted by molar-refractivity contribution is 7.91. The minimum atomic E-state index is -3.83. The van der Waals surface area contributed by atoms with Crippen molar-refractivity contribution in [1.82, 2.24) is 0 Å². The minimum Gasteiger partial charge on any atom is -0.508 e. The van der Waals surface area contributed by atoms with Gasteiger partial charge in [0.05, 0.1) is 4.90 Å². The monoisotopic (exact) mass is 292 g/mol. The van der Waals surface area contributed by atoms with Crippen LogP contribution < -0.4 is 0 Å². The van der Waals surface area contributed by atoms with Crippen LogP contribution in [0, 0.1) is 20.8 Å². The Morgan fingerprint density at radius 2 is 1.45 bits per heavy atom. The van der Waals surface area contributed by atoms with Gasteiger partial charge in [-0.25, -0.2) is 8.42 Å². The predicted molar refractivity (Wildman–Crippen MR) is 75.9 cm³/mol. The number of aromatic hydroxyl groups is 2. The fraction of sp³-hybridized carbons (Fsp3) is 0.200. The summed E-state index contributed by atoms with van der Waals surface area (Å²) in [6, 6.07) is 7.39. The molecule has 0 saturated carbocycles. The van der Waals surface area contributed by atoms with E-state index in [2.05, 4.69) is 0 Å². The number of aryl methyl sites for hydroxylation is 3. The Morgan fingerprint density at radius 1 is 0.850 bits per heavy atom. The molecule has 0 aliphatic rings. The van der Waals surface area contributed by atoms with Crippen molar-refractivity contribution in [3.05, 3.63) is 47.0 Å². The molecule has 0 unspecified atom stereocenters. The topological polar surface area (TPSA) is 74.6 Å². The maximum atomic E-state index is 12.7. The summed E-state index contributed by atoms with van der Waals surface area (Å²) in [6.45, 7) is 4.90. The highest BCUT2D eigenvalue weighted by Gasteiger charge is 2.26. The van der Waals surface area contributed by atoms with Crippen molar-refractivity contribution < 1.29 is 18.6 Å². The number of hydrogen-bond donors (Lipinski definition) is 2. The van der Waals surface area contributed by atoms with Crippen LogP contribution in [0.2, 0.25) is 0 Å². The molecule has 2 aromatic rings. The van der Waals surface area contributed by atoms with Crippen molar-refractivity contribution in [1.29, 1.82) is 0 Å². The van der Waals surface area contributed by atoms with E-state index >= 15 is 0 Å². The third-order valence-corrected chi connectivity index (χ3v) is 5.34. The first-order valence-corrected chi connectivity index (χ1v) is 7.57. The molecule has 0 radical (unpaired) electrons. The summed E-state index contributed by atoms with van der Waals surface area (Å²) >= 11 is 0. The molecule has 0 fully saturated rings. The number of phenolic OH excluding ortho intramolecular Hbond substituents is 2. The Bertz CT molecular complexity index is 777. The molecule has 0 aromatic heterocycles. The normalized spacial score (nSPS) is 11.6. The largest absolute Gasteiger partial charge is 0.508 e. The SMILES string of the molecule is Cc1cc(O)ccc1S(=O)(=O)c1c(C)ccc(C)c1O. The molecular weight excluding hydrogens is 276 g/mol. The number of sulfone groups is 1. The van der Waals surface area contributed by atoms with Crippen molar-refractivity contribution in [2.45, 2.75) is 30.6 Å². The molecule has 20 heavy (non-hydrogen) atoms. The van der Waals surface area contributed by atoms with E-state index in [1.807, 2.05) is 0 Å². The second-order valence-corrected chi connectivity index (χ2v) is 6.69. The van der Waals surface area contributed by atoms with Gasteiger partial charge in [-0.2, -0.15) is 0 Å². The molecule has 5 heteroatoms. The van der Waals surface area contributed by atoms with Crippen LogP contribution in [-0.4, -0.2) is 18.6 Å². The number of benzene rings is 2. The summed E-state index contributed by atoms with van der Waals surface area (Å²) < 4.78 is 25.4. The molecule has 0 saturated heterocycles. The Morgan fingerprint density at radius 3 is 2.05 bits per heavy atom. The van der Waals surface area contributed by atoms with Crippen LogP contribution in [0.5, 0.6) is 11.5 Å². The van der Waals surface area contributed by atoms with Crippen molar-refractivity contribution in [2.24, 2.45) is 0 Å². The van der Waals surface area contributed by atoms with Gasteiger partial charge < -0.3 is 10.2 Å². The number of hydrogen-bond acceptors (Lipinski definition) is 4. The molecule has 0 aliphatic carbocycles. The molecule has 106 valence electrons. The van der Waals surface area contributed by atoms with Crippen LogP contribution in [0.4, 0.5) is 0 Å². The van der Waals surface area contributed by atoms with Crippen LogP contribution in [0.25, 0.3) is 0 Å². The predicted octanol–water partition coefficient (Wildman–Crippen LogP) is 2.86. The lowest BCUT2D eigenvalue weighted by atomic mass is 10.1. The number of rotatable bonds is 2. The van der Waals surface area contributed by atoms with Gasteiger partial charge in [-0.05, 0) is 55.7 Å². The minimum absolute atomic E-state index is 0.00614. The lowest BCUT2D eigenvalue weighted by Crippen LogP contribution is -2.07. The van der Waals surface area contributed by atoms with E-state index in [4.69, 9.17) is 0 Å². The standard InChI is InChI=1S/C15H16O4S/c1-9-4-5-10(2)15(14(9)17)20(18,19)13-7-6-12(16)8-11(13)3/h4-8,16-17H,1-3H3. The smallest absolute Gasteiger partial charge is 0.210 e. The van der Waals surface area contributed by atoms with E-state index < -0.39 is 9.84 Å². The molecule has 0 aliphatic heterocycles. The summed E-state index contributed by atoms with van der Waals surface area (Å²) in [6.07, 6.45) is 0. The summed E-state index contributed by atoms with van der Waals surface area (Å²) in [5.74, 6) is -0.218. The van der Waals surface area contributed by atoms with Crippen LogP contribution in [-0.2, 0) is 9.84 Å². The van der Waals surface area contributed by atoms with Crippen LogP contribution >= 0.6 is 0 Å². The van der Waals surface area contributed by atoms with Crippen molar-refractivity contribution >= 4 is 9.84 Å². The van der Waals surface area contributed by atoms with Gasteiger partial charge >= 0.3 is 0 Å². The van der Waals surface area contributed by atoms with E-state index in [1.165, 1.54) is 18.2 Å². The lowest BCUT2D eigenvalue weighted by Gasteiger charge is -2.13. The lowest BCUT2D eigenvalue weighted by molar-refractivity contribution is 0.453. The van der Waals surface area contributed by atoms with Crippen molar-refractivity contribution in [2.75, 3.05) is 0 Å². The Hall–Kier alpha value is -2.01. The third-order valence-electron chi connectivity index (χ3n) is 3.25. The highest BCUT2D eigenvalue weighted by Crippen LogP contribution is 2.35. The summed E-state index contributed by atoms with van der Waals surface area (Å²) in [7, 11) is -3.83. The Labute approximate surface area is 118 Å². The zero-order valence-electron chi connectivity index (χ0n) is 11.5.